The van der Waals surface area contributed by atoms with Gasteiger partial charge in [0.15, 0.2) is 0 Å². The van der Waals surface area contributed by atoms with Crippen molar-refractivity contribution in [1.82, 2.24) is 9.97 Å². The Bertz CT molecular complexity index is 2150. The summed E-state index contributed by atoms with van der Waals surface area (Å²) in [4.78, 5) is 10.3. The maximum Gasteiger partial charge on any atom is 0.139 e. The van der Waals surface area contributed by atoms with Crippen LogP contribution in [0.3, 0.4) is 0 Å². The third kappa shape index (κ3) is 3.89. The monoisotopic (exact) mass is 540 g/mol. The second-order valence-electron chi connectivity index (χ2n) is 11.5. The van der Waals surface area contributed by atoms with E-state index in [2.05, 4.69) is 123 Å². The van der Waals surface area contributed by atoms with Crippen LogP contribution < -0.4 is 4.74 Å². The predicted molar refractivity (Wildman–Crippen MR) is 172 cm³/mol. The van der Waals surface area contributed by atoms with Crippen molar-refractivity contribution >= 4 is 21.8 Å². The lowest BCUT2D eigenvalue weighted by Gasteiger charge is -2.35. The van der Waals surface area contributed by atoms with Gasteiger partial charge in [-0.05, 0) is 29.8 Å². The molecule has 3 heteroatoms. The Labute approximate surface area is 245 Å². The van der Waals surface area contributed by atoms with Gasteiger partial charge < -0.3 is 4.74 Å². The molecule has 0 unspecified atom stereocenters. The lowest BCUT2D eigenvalue weighted by atomic mass is 9.75. The van der Waals surface area contributed by atoms with Crippen molar-refractivity contribution in [2.75, 3.05) is 0 Å². The summed E-state index contributed by atoms with van der Waals surface area (Å²) in [6.07, 6.45) is 0. The third-order valence-electron chi connectivity index (χ3n) is 8.52. The standard InChI is InChI=1S/C39H28N2O/c1-39(2)31-15-6-7-17-35(31)42-38-30(14-9-16-32(38)39)28-12-8-13-29(24-28)34-23-21-27-19-18-26-20-22-33(25-10-4-3-5-11-25)40-36(26)37(27)41-34/h3-24H,1-2H3. The van der Waals surface area contributed by atoms with Gasteiger partial charge in [-0.25, -0.2) is 9.97 Å². The quantitative estimate of drug-likeness (QED) is 0.209. The fourth-order valence-electron chi connectivity index (χ4n) is 6.24. The molecule has 0 saturated heterocycles. The van der Waals surface area contributed by atoms with Crippen molar-refractivity contribution < 1.29 is 4.74 Å². The number of rotatable bonds is 3. The van der Waals surface area contributed by atoms with Crippen LogP contribution in [0.1, 0.15) is 25.0 Å². The van der Waals surface area contributed by atoms with Crippen molar-refractivity contribution in [3.8, 4) is 45.1 Å². The van der Waals surface area contributed by atoms with Gasteiger partial charge in [0.2, 0.25) is 0 Å². The summed E-state index contributed by atoms with van der Waals surface area (Å²) in [6.45, 7) is 4.54. The summed E-state index contributed by atoms with van der Waals surface area (Å²) in [5.41, 5.74) is 10.3. The molecule has 0 amide bonds. The lowest BCUT2D eigenvalue weighted by molar-refractivity contribution is 0.419. The van der Waals surface area contributed by atoms with Gasteiger partial charge >= 0.3 is 0 Å². The van der Waals surface area contributed by atoms with Crippen LogP contribution in [0, 0.1) is 0 Å². The molecule has 1 aliphatic heterocycles. The first-order valence-electron chi connectivity index (χ1n) is 14.3. The third-order valence-corrected chi connectivity index (χ3v) is 8.52. The first kappa shape index (κ1) is 24.5. The van der Waals surface area contributed by atoms with Crippen molar-refractivity contribution in [3.05, 3.63) is 145 Å². The molecule has 0 aliphatic carbocycles. The van der Waals surface area contributed by atoms with Crippen LogP contribution in [-0.2, 0) is 5.41 Å². The molecular weight excluding hydrogens is 512 g/mol. The van der Waals surface area contributed by atoms with E-state index in [9.17, 15) is 0 Å². The highest BCUT2D eigenvalue weighted by Crippen LogP contribution is 2.51. The van der Waals surface area contributed by atoms with Crippen molar-refractivity contribution in [2.45, 2.75) is 19.3 Å². The summed E-state index contributed by atoms with van der Waals surface area (Å²) in [5.74, 6) is 1.84. The number of hydrogen-bond acceptors (Lipinski definition) is 3. The first-order valence-corrected chi connectivity index (χ1v) is 14.3. The van der Waals surface area contributed by atoms with E-state index in [4.69, 9.17) is 14.7 Å². The molecule has 42 heavy (non-hydrogen) atoms. The Morgan fingerprint density at radius 1 is 0.500 bits per heavy atom. The van der Waals surface area contributed by atoms with Crippen molar-refractivity contribution in [1.29, 1.82) is 0 Å². The Kier molecular flexibility index (Phi) is 5.48. The highest BCUT2D eigenvalue weighted by Gasteiger charge is 2.35. The van der Waals surface area contributed by atoms with Crippen LogP contribution in [0.2, 0.25) is 0 Å². The molecule has 200 valence electrons. The molecule has 0 atom stereocenters. The average molecular weight is 541 g/mol. The summed E-state index contributed by atoms with van der Waals surface area (Å²) < 4.78 is 6.57. The van der Waals surface area contributed by atoms with Crippen LogP contribution in [0.15, 0.2) is 133 Å². The van der Waals surface area contributed by atoms with Gasteiger partial charge in [0.25, 0.3) is 0 Å². The number of benzene rings is 5. The van der Waals surface area contributed by atoms with Gasteiger partial charge in [-0.2, -0.15) is 0 Å². The normalized spacial score (nSPS) is 13.4. The second-order valence-corrected chi connectivity index (χ2v) is 11.5. The molecule has 0 bridgehead atoms. The van der Waals surface area contributed by atoms with Crippen LogP contribution >= 0.6 is 0 Å². The topological polar surface area (TPSA) is 35.0 Å². The Morgan fingerprint density at radius 3 is 1.83 bits per heavy atom. The summed E-state index contributed by atoms with van der Waals surface area (Å²) in [5, 5.41) is 2.16. The SMILES string of the molecule is CC1(C)c2ccccc2Oc2c(-c3cccc(-c4ccc5ccc6ccc(-c7ccccc7)nc6c5n4)c3)cccc21. The largest absolute Gasteiger partial charge is 0.456 e. The van der Waals surface area contributed by atoms with E-state index < -0.39 is 0 Å². The highest BCUT2D eigenvalue weighted by atomic mass is 16.5. The highest BCUT2D eigenvalue weighted by molar-refractivity contribution is 6.04. The van der Waals surface area contributed by atoms with Gasteiger partial charge in [0, 0.05) is 44.0 Å². The smallest absolute Gasteiger partial charge is 0.139 e. The molecule has 5 aromatic carbocycles. The van der Waals surface area contributed by atoms with Gasteiger partial charge in [-0.15, -0.1) is 0 Å². The van der Waals surface area contributed by atoms with Gasteiger partial charge in [-0.1, -0.05) is 123 Å². The Morgan fingerprint density at radius 2 is 1.07 bits per heavy atom. The Balaban J connectivity index is 1.25. The molecule has 8 rings (SSSR count). The van der Waals surface area contributed by atoms with E-state index in [1.165, 1.54) is 11.1 Å². The van der Waals surface area contributed by atoms with E-state index in [0.29, 0.717) is 0 Å². The summed E-state index contributed by atoms with van der Waals surface area (Å²) in [6, 6.07) is 46.4. The molecule has 0 radical (unpaired) electrons. The van der Waals surface area contributed by atoms with Gasteiger partial charge in [-0.3, -0.25) is 0 Å². The summed E-state index contributed by atoms with van der Waals surface area (Å²) >= 11 is 0. The number of fused-ring (bicyclic) bond motifs is 5. The molecule has 0 N–H and O–H groups in total. The van der Waals surface area contributed by atoms with Crippen molar-refractivity contribution in [2.24, 2.45) is 0 Å². The fraction of sp³-hybridized carbons (Fsp3) is 0.0769. The number of ether oxygens (including phenoxy) is 1. The first-order chi connectivity index (χ1) is 20.6. The van der Waals surface area contributed by atoms with E-state index in [1.54, 1.807) is 0 Å². The Hall–Kier alpha value is -5.28. The van der Waals surface area contributed by atoms with E-state index in [1.807, 2.05) is 24.3 Å². The molecule has 1 aliphatic rings. The molecule has 3 nitrogen and oxygen atoms in total. The zero-order chi connectivity index (χ0) is 28.3. The molecule has 3 heterocycles. The number of para-hydroxylation sites is 2. The van der Waals surface area contributed by atoms with Crippen LogP contribution in [0.4, 0.5) is 0 Å². The maximum atomic E-state index is 6.57. The van der Waals surface area contributed by atoms with Gasteiger partial charge in [0.1, 0.15) is 11.5 Å². The fourth-order valence-corrected chi connectivity index (χ4v) is 6.24. The van der Waals surface area contributed by atoms with E-state index in [-0.39, 0.29) is 5.41 Å². The van der Waals surface area contributed by atoms with Crippen LogP contribution in [-0.4, -0.2) is 9.97 Å². The van der Waals surface area contributed by atoms with E-state index in [0.717, 1.165) is 66.9 Å². The molecule has 7 aromatic rings. The number of aromatic nitrogens is 2. The molecule has 0 saturated carbocycles. The minimum absolute atomic E-state index is 0.162. The zero-order valence-electron chi connectivity index (χ0n) is 23.5. The molecule has 2 aromatic heterocycles. The maximum absolute atomic E-state index is 6.57. The van der Waals surface area contributed by atoms with Crippen LogP contribution in [0.5, 0.6) is 11.5 Å². The molecular formula is C39H28N2O. The number of pyridine rings is 2. The zero-order valence-corrected chi connectivity index (χ0v) is 23.5. The number of hydrogen-bond donors (Lipinski definition) is 0. The minimum atomic E-state index is -0.162. The van der Waals surface area contributed by atoms with Gasteiger partial charge in [0.05, 0.1) is 22.4 Å². The van der Waals surface area contributed by atoms with E-state index >= 15 is 0 Å². The summed E-state index contributed by atoms with van der Waals surface area (Å²) in [7, 11) is 0. The minimum Gasteiger partial charge on any atom is -0.456 e. The second kappa shape index (κ2) is 9.39. The lowest BCUT2D eigenvalue weighted by Crippen LogP contribution is -2.24. The average Bonchev–Trinajstić information content (AvgIpc) is 3.04. The molecule has 0 fully saturated rings. The number of nitrogens with zero attached hydrogens (tertiary/aromatic N) is 2. The predicted octanol–water partition coefficient (Wildman–Crippen LogP) is 10.2. The van der Waals surface area contributed by atoms with Crippen molar-refractivity contribution in [3.63, 3.8) is 0 Å². The molecule has 0 spiro atoms. The van der Waals surface area contributed by atoms with Crippen LogP contribution in [0.25, 0.3) is 55.4 Å².